The topological polar surface area (TPSA) is 744 Å². The highest BCUT2D eigenvalue weighted by molar-refractivity contribution is 5.98. The Morgan fingerprint density at radius 1 is 0.326 bits per heavy atom. The zero-order valence-electron chi connectivity index (χ0n) is 80.6. The molecule has 0 spiro atoms. The lowest BCUT2D eigenvalue weighted by Crippen LogP contribution is -2.59. The average molecular weight is 2050 g/mol. The number of ether oxygens (including phenoxy) is 12. The van der Waals surface area contributed by atoms with E-state index in [-0.39, 0.29) is 209 Å². The van der Waals surface area contributed by atoms with Crippen LogP contribution >= 0.6 is 0 Å². The maximum atomic E-state index is 14.1. The first-order valence-corrected chi connectivity index (χ1v) is 47.3. The van der Waals surface area contributed by atoms with Crippen molar-refractivity contribution >= 4 is 104 Å². The van der Waals surface area contributed by atoms with Gasteiger partial charge in [0, 0.05) is 124 Å². The van der Waals surface area contributed by atoms with E-state index in [1.54, 1.807) is 18.2 Å². The molecular weight excluding hydrogens is 1910 g/mol. The van der Waals surface area contributed by atoms with Crippen molar-refractivity contribution < 1.29 is 196 Å². The highest BCUT2D eigenvalue weighted by Gasteiger charge is 2.48. The molecule has 3 aromatic heterocycles. The van der Waals surface area contributed by atoms with E-state index in [0.717, 1.165) is 33.3 Å². The Kier molecular flexibility index (Phi) is 49.8. The summed E-state index contributed by atoms with van der Waals surface area (Å²) in [7, 11) is 0. The number of amides is 8. The molecule has 52 heteroatoms. The first-order chi connectivity index (χ1) is 69.1. The van der Waals surface area contributed by atoms with Gasteiger partial charge in [-0.25, -0.2) is 29.3 Å². The van der Waals surface area contributed by atoms with E-state index in [1.165, 1.54) is 0 Å². The summed E-state index contributed by atoms with van der Waals surface area (Å²) >= 11 is 0. The van der Waals surface area contributed by atoms with Crippen molar-refractivity contribution in [3.63, 3.8) is 0 Å². The Bertz CT molecular complexity index is 4750. The molecule has 24 N–H and O–H groups in total. The van der Waals surface area contributed by atoms with Crippen LogP contribution in [0.4, 0.5) is 0 Å². The van der Waals surface area contributed by atoms with E-state index in [0.29, 0.717) is 66.6 Å². The molecule has 0 radical (unpaired) electrons. The SMILES string of the molecule is C=Cc1c(C)c2cc3[nH]c(cc4nc(cc5nc(cc1[nH]2)C(C)=C5CCC(=O)NCCC(=O)N(OCCOCCC(=O)NCCO[C@@H]1O[C@H](CO)[C@H](O)[C@H](O)[C@H]1O)OCCOCCC(=O)NCCO[C@@H]1O[C@H](CO)[C@H](O)[C@H](O)[C@H]1O)C(CCC(=O)NCCC(=O)N(OCCOCCC(=O)NCCO[C@@H]1O[C@H](CO)[C@H](O)[C@H](O)[C@H]1O)OCCOCCC(=O)NCCO[C@@H]1O[C@H](CO)[C@H](O)[C@H](O)[C@H]1O)=C4C)c(C)c3C=C. The number of allylic oxidation sites excluding steroid dienone is 4. The Balaban J connectivity index is 0.812. The number of hydroxylamine groups is 4. The Morgan fingerprint density at radius 2 is 0.590 bits per heavy atom. The quantitative estimate of drug-likeness (QED) is 0.0185. The van der Waals surface area contributed by atoms with Crippen LogP contribution in [0.15, 0.2) is 37.4 Å². The number of fused-ring (bicyclic) bond motifs is 8. The number of hydrogen-bond donors (Lipinski definition) is 24. The number of aromatic amines is 2. The van der Waals surface area contributed by atoms with Gasteiger partial charge in [-0.15, -0.1) is 0 Å². The summed E-state index contributed by atoms with van der Waals surface area (Å²) in [6.45, 7) is 9.58. The van der Waals surface area contributed by atoms with E-state index in [1.807, 2.05) is 45.9 Å². The highest BCUT2D eigenvalue weighted by atomic mass is 17.0. The van der Waals surface area contributed by atoms with Crippen LogP contribution < -0.4 is 31.9 Å². The predicted molar refractivity (Wildman–Crippen MR) is 500 cm³/mol. The van der Waals surface area contributed by atoms with Crippen molar-refractivity contribution in [2.24, 2.45) is 0 Å². The summed E-state index contributed by atoms with van der Waals surface area (Å²) < 4.78 is 65.3. The van der Waals surface area contributed by atoms with E-state index >= 15 is 0 Å². The fourth-order valence-corrected chi connectivity index (χ4v) is 15.5. The molecule has 9 heterocycles. The molecule has 6 aliphatic heterocycles. The van der Waals surface area contributed by atoms with E-state index in [4.69, 9.17) is 86.2 Å². The molecule has 0 unspecified atom stereocenters. The number of nitrogens with one attached hydrogen (secondary N) is 8. The number of hydrogen-bond acceptors (Lipinski definition) is 42. The largest absolute Gasteiger partial charge is 0.394 e. The van der Waals surface area contributed by atoms with Gasteiger partial charge in [0.25, 0.3) is 11.8 Å². The number of aliphatic hydroxyl groups is 16. The van der Waals surface area contributed by atoms with Gasteiger partial charge in [0.1, 0.15) is 124 Å². The van der Waals surface area contributed by atoms with Crippen LogP contribution in [0, 0.1) is 13.8 Å². The fraction of sp³-hybridized carbons (Fsp3) is 0.652. The molecule has 52 nitrogen and oxygen atoms in total. The molecule has 3 aromatic rings. The zero-order valence-corrected chi connectivity index (χ0v) is 80.6. The summed E-state index contributed by atoms with van der Waals surface area (Å²) in [5, 5.41) is 177. The van der Waals surface area contributed by atoms with Crippen molar-refractivity contribution in [2.75, 3.05) is 171 Å². The lowest BCUT2D eigenvalue weighted by Gasteiger charge is -2.39. The van der Waals surface area contributed by atoms with Gasteiger partial charge in [-0.2, -0.15) is 0 Å². The molecule has 4 fully saturated rings. The van der Waals surface area contributed by atoms with Crippen LogP contribution in [-0.4, -0.2) is 454 Å². The molecule has 144 heavy (non-hydrogen) atoms. The smallest absolute Gasteiger partial charge is 0.275 e. The van der Waals surface area contributed by atoms with E-state index in [2.05, 4.69) is 55.0 Å². The number of nitrogens with zero attached hydrogens (tertiary/aromatic N) is 4. The van der Waals surface area contributed by atoms with Gasteiger partial charge >= 0.3 is 0 Å². The van der Waals surface area contributed by atoms with Crippen molar-refractivity contribution in [3.8, 4) is 0 Å². The minimum Gasteiger partial charge on any atom is -0.394 e. The van der Waals surface area contributed by atoms with Crippen molar-refractivity contribution in [1.29, 1.82) is 0 Å². The van der Waals surface area contributed by atoms with Gasteiger partial charge in [-0.3, -0.25) is 38.4 Å². The summed E-state index contributed by atoms with van der Waals surface area (Å²) in [5.41, 5.74) is 11.0. The summed E-state index contributed by atoms with van der Waals surface area (Å²) in [4.78, 5) is 147. The fourth-order valence-electron chi connectivity index (χ4n) is 15.5. The zero-order chi connectivity index (χ0) is 105. The molecule has 8 bridgehead atoms. The maximum Gasteiger partial charge on any atom is 0.275 e. The standard InChI is InChI=1S/C92H138N12O40/c1-7-53-49(3)57-41-58-51(5)55(9-11-69(109)93-19-13-75(115)103(137-37-33-129-25-15-71(111)95-21-29-133-89-85(125)81(121)77(117)65(45-105)141-89)138-38-34-130-26-16-72(112)96-22-30-134-90-86(126)82(122)78(118)66(46-106)142-90)63(101-58)44-64-56(52(6)60(102-64)43-62-54(8-2)50(4)59(100-62)42-61(53)99-57)10-12-70(110)94-20-14-76(116)104(139-39-35-131-27-17-73(113)97-23-31-135-91-87(127)83(123)79(119)67(47-107)143-91)140-40-36-132-28-18-74(114)98-24-32-136-92-88(128)84(124)80(120)68(48-108)144-92/h7-8,41-44,65-68,77-92,99-100,105-108,117-128H,1-2,9-40,45-48H2,3-6H3,(H,93,109)(H,94,110)(H,95,111)(H,96,112)(H,97,113)(H,98,114)/t65-,66-,67-,68-,77+,78+,79+,80+,81+,82+,83+,84+,85-,86-,87-,88-,89-,90-,91-,92-/m1/s1. The molecule has 4 saturated heterocycles. The molecule has 8 amide bonds. The normalized spacial score (nSPS) is 24.9. The second-order valence-corrected chi connectivity index (χ2v) is 33.9. The minimum absolute atomic E-state index is 0.0607. The number of carbonyl (C=O) groups excluding carboxylic acids is 8. The molecular formula is C92H138N12O40. The lowest BCUT2D eigenvalue weighted by molar-refractivity contribution is -0.346. The summed E-state index contributed by atoms with van der Waals surface area (Å²) in [6, 6.07) is 7.55. The minimum atomic E-state index is -1.66. The van der Waals surface area contributed by atoms with Crippen LogP contribution in [-0.2, 0) is 115 Å². The van der Waals surface area contributed by atoms with E-state index < -0.39 is 197 Å². The van der Waals surface area contributed by atoms with Crippen LogP contribution in [0.2, 0.25) is 0 Å². The van der Waals surface area contributed by atoms with Crippen molar-refractivity contribution in [2.45, 2.75) is 215 Å². The first kappa shape index (κ1) is 118. The van der Waals surface area contributed by atoms with Gasteiger partial charge in [0.05, 0.1) is 128 Å². The highest BCUT2D eigenvalue weighted by Crippen LogP contribution is 2.39. The van der Waals surface area contributed by atoms with Crippen LogP contribution in [0.1, 0.15) is 123 Å². The van der Waals surface area contributed by atoms with Crippen LogP contribution in [0.5, 0.6) is 0 Å². The third-order valence-corrected chi connectivity index (χ3v) is 23.8. The molecule has 0 aromatic carbocycles. The Labute approximate surface area is 827 Å². The number of aromatic nitrogens is 4. The van der Waals surface area contributed by atoms with Crippen molar-refractivity contribution in [1.82, 2.24) is 62.3 Å². The first-order valence-electron chi connectivity index (χ1n) is 47.3. The van der Waals surface area contributed by atoms with Gasteiger partial charge in [0.15, 0.2) is 25.2 Å². The van der Waals surface area contributed by atoms with Crippen LogP contribution in [0.25, 0.3) is 56.5 Å². The number of aliphatic hydroxyl groups excluding tert-OH is 16. The molecule has 0 aliphatic carbocycles. The summed E-state index contributed by atoms with van der Waals surface area (Å²) in [5.74, 6) is -4.31. The molecule has 9 rings (SSSR count). The third kappa shape index (κ3) is 34.9. The molecule has 0 saturated carbocycles. The second kappa shape index (κ2) is 60.7. The lowest BCUT2D eigenvalue weighted by atomic mass is 9.98. The second-order valence-electron chi connectivity index (χ2n) is 33.9. The molecule has 6 aliphatic rings. The van der Waals surface area contributed by atoms with E-state index in [9.17, 15) is 120 Å². The Morgan fingerprint density at radius 3 is 0.875 bits per heavy atom. The predicted octanol–water partition coefficient (Wildman–Crippen LogP) is -6.61. The van der Waals surface area contributed by atoms with Crippen molar-refractivity contribution in [3.05, 3.63) is 82.5 Å². The summed E-state index contributed by atoms with van der Waals surface area (Å²) in [6.07, 6.45) is -27.7. The number of H-pyrrole nitrogens is 2. The van der Waals surface area contributed by atoms with Gasteiger partial charge in [-0.05, 0) is 98.2 Å². The number of carbonyl (C=O) groups is 8. The number of aryl methyl sites for hydroxylation is 2. The van der Waals surface area contributed by atoms with Gasteiger partial charge in [-0.1, -0.05) is 35.8 Å². The monoisotopic (exact) mass is 2050 g/mol. The Hall–Kier alpha value is -9.44. The maximum absolute atomic E-state index is 14.1. The molecule has 20 atom stereocenters. The number of rotatable bonds is 62. The molecule has 806 valence electrons. The van der Waals surface area contributed by atoms with Gasteiger partial charge in [0.2, 0.25) is 35.4 Å². The van der Waals surface area contributed by atoms with Crippen LogP contribution in [0.3, 0.4) is 0 Å². The average Bonchev–Trinajstić information content (AvgIpc) is 1.70. The third-order valence-electron chi connectivity index (χ3n) is 23.8. The van der Waals surface area contributed by atoms with Gasteiger partial charge < -0.3 is 180 Å².